The highest BCUT2D eigenvalue weighted by atomic mass is 32.2. The van der Waals surface area contributed by atoms with Crippen molar-refractivity contribution < 1.29 is 27.0 Å². The molecule has 1 heterocycles. The first kappa shape index (κ1) is 21.8. The number of nitrogens with zero attached hydrogens (tertiary/aromatic N) is 2. The van der Waals surface area contributed by atoms with Gasteiger partial charge in [0.05, 0.1) is 5.56 Å². The molecule has 1 aliphatic rings. The van der Waals surface area contributed by atoms with E-state index in [1.54, 1.807) is 19.9 Å². The lowest BCUT2D eigenvalue weighted by molar-refractivity contribution is 0.0123. The van der Waals surface area contributed by atoms with Gasteiger partial charge in [0.25, 0.3) is 5.91 Å². The standard InChI is InChI=1S/C21H19F3N2O3S/c1-4-14-11-8-12-16(22)18(14)21(23,24)30(28,17-13-20(2,3)29-25-17)26-19(27)15-9-6-5-7-10-15/h4-12H,1,13H2,2-3H3. The molecule has 0 bridgehead atoms. The summed E-state index contributed by atoms with van der Waals surface area (Å²) >= 11 is 0. The van der Waals surface area contributed by atoms with E-state index < -0.39 is 42.9 Å². The van der Waals surface area contributed by atoms with Crippen molar-refractivity contribution in [2.45, 2.75) is 31.1 Å². The quantitative estimate of drug-likeness (QED) is 0.650. The number of alkyl halides is 2. The number of carbonyl (C=O) groups is 1. The van der Waals surface area contributed by atoms with Crippen LogP contribution in [0.25, 0.3) is 6.08 Å². The molecule has 0 aromatic heterocycles. The molecule has 1 amide bonds. The second-order valence-corrected chi connectivity index (χ2v) is 9.44. The van der Waals surface area contributed by atoms with Crippen molar-refractivity contribution in [1.29, 1.82) is 0 Å². The number of amides is 1. The van der Waals surface area contributed by atoms with Gasteiger partial charge in [-0.2, -0.15) is 8.78 Å². The van der Waals surface area contributed by atoms with Gasteiger partial charge in [-0.15, -0.1) is 4.36 Å². The number of hydrogen-bond acceptors (Lipinski definition) is 4. The van der Waals surface area contributed by atoms with Crippen molar-refractivity contribution in [3.05, 3.63) is 77.6 Å². The van der Waals surface area contributed by atoms with Crippen molar-refractivity contribution in [1.82, 2.24) is 0 Å². The molecule has 9 heteroatoms. The molecular weight excluding hydrogens is 417 g/mol. The summed E-state index contributed by atoms with van der Waals surface area (Å²) < 4.78 is 63.2. The summed E-state index contributed by atoms with van der Waals surface area (Å²) in [7, 11) is -4.89. The zero-order chi connectivity index (χ0) is 22.2. The number of hydrogen-bond donors (Lipinski definition) is 0. The van der Waals surface area contributed by atoms with Crippen LogP contribution in [-0.2, 0) is 19.8 Å². The predicted octanol–water partition coefficient (Wildman–Crippen LogP) is 5.34. The van der Waals surface area contributed by atoms with Crippen molar-refractivity contribution in [3.8, 4) is 0 Å². The highest BCUT2D eigenvalue weighted by Gasteiger charge is 2.53. The van der Waals surface area contributed by atoms with Crippen LogP contribution in [0.3, 0.4) is 0 Å². The Labute approximate surface area is 172 Å². The molecule has 2 aromatic carbocycles. The maximum Gasteiger partial charge on any atom is 0.362 e. The fraction of sp³-hybridized carbons (Fsp3) is 0.238. The Balaban J connectivity index is 2.28. The van der Waals surface area contributed by atoms with Gasteiger partial charge >= 0.3 is 5.25 Å². The van der Waals surface area contributed by atoms with Crippen LogP contribution in [0.1, 0.15) is 41.8 Å². The summed E-state index contributed by atoms with van der Waals surface area (Å²) in [5.74, 6) is -2.43. The van der Waals surface area contributed by atoms with Crippen molar-refractivity contribution in [2.75, 3.05) is 0 Å². The number of oxime groups is 1. The van der Waals surface area contributed by atoms with Crippen LogP contribution in [0.4, 0.5) is 13.2 Å². The van der Waals surface area contributed by atoms with Gasteiger partial charge in [-0.25, -0.2) is 8.60 Å². The van der Waals surface area contributed by atoms with E-state index in [4.69, 9.17) is 4.84 Å². The Morgan fingerprint density at radius 3 is 2.47 bits per heavy atom. The Hall–Kier alpha value is -2.94. The first-order valence-corrected chi connectivity index (χ1v) is 10.4. The molecule has 0 spiro atoms. The number of carbonyl (C=O) groups excluding carboxylic acids is 1. The topological polar surface area (TPSA) is 68.1 Å². The van der Waals surface area contributed by atoms with E-state index in [1.165, 1.54) is 36.4 Å². The van der Waals surface area contributed by atoms with Gasteiger partial charge in [0, 0.05) is 12.0 Å². The van der Waals surface area contributed by atoms with Crippen LogP contribution in [0, 0.1) is 5.82 Å². The van der Waals surface area contributed by atoms with E-state index in [0.717, 1.165) is 12.1 Å². The summed E-state index contributed by atoms with van der Waals surface area (Å²) in [6.45, 7) is 6.52. The minimum absolute atomic E-state index is 0.0442. The zero-order valence-electron chi connectivity index (χ0n) is 16.3. The van der Waals surface area contributed by atoms with Crippen LogP contribution in [-0.4, -0.2) is 20.8 Å². The first-order valence-electron chi connectivity index (χ1n) is 8.92. The van der Waals surface area contributed by atoms with Gasteiger partial charge in [-0.1, -0.05) is 48.1 Å². The van der Waals surface area contributed by atoms with Gasteiger partial charge in [0.15, 0.2) is 14.8 Å². The average Bonchev–Trinajstić information content (AvgIpc) is 3.08. The van der Waals surface area contributed by atoms with Crippen LogP contribution in [0.15, 0.2) is 64.6 Å². The van der Waals surface area contributed by atoms with E-state index in [0.29, 0.717) is 0 Å². The third-order valence-corrected chi connectivity index (χ3v) is 6.61. The maximum atomic E-state index is 15.7. The van der Waals surface area contributed by atoms with Crippen molar-refractivity contribution >= 4 is 26.8 Å². The van der Waals surface area contributed by atoms with E-state index in [1.807, 2.05) is 0 Å². The van der Waals surface area contributed by atoms with E-state index in [9.17, 15) is 13.4 Å². The Bertz CT molecular complexity index is 1150. The summed E-state index contributed by atoms with van der Waals surface area (Å²) in [5, 5.41) is -1.45. The average molecular weight is 436 g/mol. The third kappa shape index (κ3) is 3.77. The third-order valence-electron chi connectivity index (χ3n) is 4.43. The van der Waals surface area contributed by atoms with Gasteiger partial charge in [-0.3, -0.25) is 4.79 Å². The van der Waals surface area contributed by atoms with Gasteiger partial charge < -0.3 is 4.84 Å². The molecule has 0 aliphatic carbocycles. The summed E-state index contributed by atoms with van der Waals surface area (Å²) in [6.07, 6.45) is 0.743. The fourth-order valence-electron chi connectivity index (χ4n) is 2.92. The minimum Gasteiger partial charge on any atom is -0.389 e. The molecule has 158 valence electrons. The summed E-state index contributed by atoms with van der Waals surface area (Å²) in [4.78, 5) is 17.7. The molecule has 0 fully saturated rings. The molecule has 30 heavy (non-hydrogen) atoms. The lowest BCUT2D eigenvalue weighted by atomic mass is 10.1. The molecule has 1 unspecified atom stereocenters. The predicted molar refractivity (Wildman–Crippen MR) is 109 cm³/mol. The van der Waals surface area contributed by atoms with Gasteiger partial charge in [0.2, 0.25) is 0 Å². The molecule has 0 saturated carbocycles. The number of benzene rings is 2. The molecular formula is C21H19F3N2O3S. The molecule has 5 nitrogen and oxygen atoms in total. The lowest BCUT2D eigenvalue weighted by Crippen LogP contribution is -2.35. The normalized spacial score (nSPS) is 17.4. The Morgan fingerprint density at radius 2 is 1.90 bits per heavy atom. The molecule has 0 saturated heterocycles. The van der Waals surface area contributed by atoms with Crippen molar-refractivity contribution in [3.63, 3.8) is 0 Å². The fourth-order valence-corrected chi connectivity index (χ4v) is 4.94. The highest BCUT2D eigenvalue weighted by molar-refractivity contribution is 8.09. The zero-order valence-corrected chi connectivity index (χ0v) is 17.1. The second kappa shape index (κ2) is 7.71. The highest BCUT2D eigenvalue weighted by Crippen LogP contribution is 2.43. The van der Waals surface area contributed by atoms with Crippen LogP contribution >= 0.6 is 0 Å². The van der Waals surface area contributed by atoms with Crippen LogP contribution in [0.2, 0.25) is 0 Å². The lowest BCUT2D eigenvalue weighted by Gasteiger charge is -2.23. The SMILES string of the molecule is C=Cc1cccc(F)c1C(F)(F)S(=O)(=NC(=O)c1ccccc1)C1=NOC(C)(C)C1. The summed E-state index contributed by atoms with van der Waals surface area (Å²) in [6, 6.07) is 10.6. The van der Waals surface area contributed by atoms with Crippen molar-refractivity contribution in [2.24, 2.45) is 9.52 Å². The molecule has 0 radical (unpaired) electrons. The Morgan fingerprint density at radius 1 is 1.23 bits per heavy atom. The first-order chi connectivity index (χ1) is 14.0. The van der Waals surface area contributed by atoms with Crippen LogP contribution < -0.4 is 0 Å². The Kier molecular flexibility index (Phi) is 5.60. The molecule has 1 atom stereocenters. The van der Waals surface area contributed by atoms with Crippen LogP contribution in [0.5, 0.6) is 0 Å². The number of halogens is 3. The van der Waals surface area contributed by atoms with E-state index in [2.05, 4.69) is 16.1 Å². The summed E-state index contributed by atoms with van der Waals surface area (Å²) in [5.41, 5.74) is -2.51. The van der Waals surface area contributed by atoms with Gasteiger partial charge in [-0.05, 0) is 37.6 Å². The number of rotatable bonds is 4. The largest absolute Gasteiger partial charge is 0.389 e. The molecule has 0 N–H and O–H groups in total. The second-order valence-electron chi connectivity index (χ2n) is 7.23. The molecule has 3 rings (SSSR count). The van der Waals surface area contributed by atoms with E-state index in [-0.39, 0.29) is 17.5 Å². The van der Waals surface area contributed by atoms with E-state index >= 15 is 8.78 Å². The molecule has 1 aliphatic heterocycles. The monoisotopic (exact) mass is 436 g/mol. The smallest absolute Gasteiger partial charge is 0.362 e. The molecule has 2 aromatic rings. The maximum absolute atomic E-state index is 15.7. The van der Waals surface area contributed by atoms with Gasteiger partial charge in [0.1, 0.15) is 11.4 Å². The minimum atomic E-state index is -4.89.